The Morgan fingerprint density at radius 1 is 1.46 bits per heavy atom. The molecule has 1 amide bonds. The highest BCUT2D eigenvalue weighted by molar-refractivity contribution is 7.10. The number of nitrogens with one attached hydrogen (secondary N) is 1. The van der Waals surface area contributed by atoms with E-state index in [1.54, 1.807) is 16.7 Å². The number of thiophene rings is 1. The predicted octanol–water partition coefficient (Wildman–Crippen LogP) is 2.87. The van der Waals surface area contributed by atoms with Gasteiger partial charge in [-0.15, -0.1) is 22.7 Å². The summed E-state index contributed by atoms with van der Waals surface area (Å²) in [5, 5.41) is 7.73. The third-order valence-corrected chi connectivity index (χ3v) is 6.39. The summed E-state index contributed by atoms with van der Waals surface area (Å²) >= 11 is 3.19. The number of nitrogens with zero attached hydrogens (tertiary/aromatic N) is 2. The van der Waals surface area contributed by atoms with Crippen LogP contribution in [0.2, 0.25) is 0 Å². The zero-order valence-corrected chi connectivity index (χ0v) is 15.5. The first kappa shape index (κ1) is 17.5. The van der Waals surface area contributed by atoms with E-state index in [1.165, 1.54) is 29.1 Å². The molecule has 3 heterocycles. The molecule has 5 nitrogen and oxygen atoms in total. The van der Waals surface area contributed by atoms with Gasteiger partial charge < -0.3 is 11.1 Å². The molecule has 0 saturated carbocycles. The molecule has 2 aromatic rings. The van der Waals surface area contributed by atoms with Crippen LogP contribution >= 0.6 is 22.7 Å². The molecular formula is C17H24N4OS2. The lowest BCUT2D eigenvalue weighted by Gasteiger charge is -2.36. The number of aromatic nitrogens is 1. The lowest BCUT2D eigenvalue weighted by molar-refractivity contribution is 0.0910. The highest BCUT2D eigenvalue weighted by atomic mass is 32.1. The topological polar surface area (TPSA) is 71.2 Å². The van der Waals surface area contributed by atoms with Gasteiger partial charge in [0.2, 0.25) is 0 Å². The van der Waals surface area contributed by atoms with E-state index in [-0.39, 0.29) is 11.9 Å². The third-order valence-electron chi connectivity index (χ3n) is 4.55. The number of rotatable bonds is 6. The summed E-state index contributed by atoms with van der Waals surface area (Å²) in [5.74, 6) is 0.683. The Hall–Kier alpha value is -1.28. The summed E-state index contributed by atoms with van der Waals surface area (Å²) in [6, 6.07) is 4.48. The monoisotopic (exact) mass is 364 g/mol. The van der Waals surface area contributed by atoms with Crippen molar-refractivity contribution in [1.29, 1.82) is 0 Å². The van der Waals surface area contributed by atoms with Crippen LogP contribution in [0.1, 0.15) is 46.2 Å². The van der Waals surface area contributed by atoms with E-state index < -0.39 is 0 Å². The van der Waals surface area contributed by atoms with Crippen LogP contribution in [0, 0.1) is 5.92 Å². The van der Waals surface area contributed by atoms with Gasteiger partial charge in [-0.1, -0.05) is 13.0 Å². The van der Waals surface area contributed by atoms with Crippen LogP contribution in [0.3, 0.4) is 0 Å². The Morgan fingerprint density at radius 3 is 2.88 bits per heavy atom. The van der Waals surface area contributed by atoms with Crippen molar-refractivity contribution in [3.63, 3.8) is 0 Å². The highest BCUT2D eigenvalue weighted by Crippen LogP contribution is 2.29. The van der Waals surface area contributed by atoms with E-state index in [0.717, 1.165) is 24.0 Å². The molecule has 0 aromatic carbocycles. The molecule has 1 aliphatic rings. The first-order valence-corrected chi connectivity index (χ1v) is 10.1. The Labute approximate surface area is 150 Å². The van der Waals surface area contributed by atoms with Crippen molar-refractivity contribution in [2.24, 2.45) is 11.7 Å². The largest absolute Gasteiger partial charge is 0.349 e. The number of carbonyl (C=O) groups is 1. The van der Waals surface area contributed by atoms with Crippen LogP contribution in [0.5, 0.6) is 0 Å². The fourth-order valence-electron chi connectivity index (χ4n) is 3.02. The number of carbonyl (C=O) groups excluding carboxylic acids is 1. The molecule has 130 valence electrons. The number of amides is 1. The molecule has 1 atom stereocenters. The highest BCUT2D eigenvalue weighted by Gasteiger charge is 2.26. The molecule has 7 heteroatoms. The van der Waals surface area contributed by atoms with Crippen LogP contribution in [-0.4, -0.2) is 35.4 Å². The number of hydrogen-bond acceptors (Lipinski definition) is 6. The van der Waals surface area contributed by atoms with Crippen LogP contribution in [0.4, 0.5) is 0 Å². The lowest BCUT2D eigenvalue weighted by atomic mass is 9.97. The molecule has 1 unspecified atom stereocenters. The van der Waals surface area contributed by atoms with E-state index in [4.69, 9.17) is 5.73 Å². The van der Waals surface area contributed by atoms with Crippen molar-refractivity contribution >= 4 is 28.6 Å². The summed E-state index contributed by atoms with van der Waals surface area (Å²) < 4.78 is 0. The zero-order chi connectivity index (χ0) is 16.9. The summed E-state index contributed by atoms with van der Waals surface area (Å²) in [7, 11) is 0. The van der Waals surface area contributed by atoms with Crippen LogP contribution in [-0.2, 0) is 6.54 Å². The average molecular weight is 365 g/mol. The molecular weight excluding hydrogens is 340 g/mol. The van der Waals surface area contributed by atoms with Gasteiger partial charge in [0.1, 0.15) is 10.7 Å². The van der Waals surface area contributed by atoms with Gasteiger partial charge in [0.15, 0.2) is 0 Å². The van der Waals surface area contributed by atoms with E-state index in [2.05, 4.69) is 39.6 Å². The van der Waals surface area contributed by atoms with E-state index in [0.29, 0.717) is 18.8 Å². The van der Waals surface area contributed by atoms with Crippen LogP contribution in [0.15, 0.2) is 22.9 Å². The van der Waals surface area contributed by atoms with Crippen molar-refractivity contribution in [2.45, 2.75) is 32.4 Å². The molecule has 1 saturated heterocycles. The second-order valence-electron chi connectivity index (χ2n) is 6.29. The molecule has 3 rings (SSSR count). The minimum absolute atomic E-state index is 0.113. The molecule has 0 spiro atoms. The van der Waals surface area contributed by atoms with Gasteiger partial charge in [-0.2, -0.15) is 0 Å². The molecule has 3 N–H and O–H groups in total. The standard InChI is InChI=1S/C17H24N4OS2/c1-12-4-6-21(7-5-12)14(15-3-2-8-23-15)10-19-17(22)13-11-24-16(9-18)20-13/h2-3,8,11-12,14H,4-7,9-10,18H2,1H3,(H,19,22). The number of thiazole rings is 1. The van der Waals surface area contributed by atoms with Gasteiger partial charge >= 0.3 is 0 Å². The molecule has 24 heavy (non-hydrogen) atoms. The van der Waals surface area contributed by atoms with Crippen molar-refractivity contribution in [2.75, 3.05) is 19.6 Å². The minimum atomic E-state index is -0.113. The molecule has 0 radical (unpaired) electrons. The second kappa shape index (κ2) is 8.20. The SMILES string of the molecule is CC1CCN(C(CNC(=O)c2csc(CN)n2)c2cccs2)CC1. The first-order chi connectivity index (χ1) is 11.7. The van der Waals surface area contributed by atoms with Crippen molar-refractivity contribution < 1.29 is 4.79 Å². The molecule has 0 aliphatic carbocycles. The fraction of sp³-hybridized carbons (Fsp3) is 0.529. The number of nitrogens with two attached hydrogens (primary N) is 1. The second-order valence-corrected chi connectivity index (χ2v) is 8.21. The third kappa shape index (κ3) is 4.22. The summed E-state index contributed by atoms with van der Waals surface area (Å²) in [4.78, 5) is 20.4. The van der Waals surface area contributed by atoms with Gasteiger partial charge in [0, 0.05) is 23.3 Å². The van der Waals surface area contributed by atoms with Gasteiger partial charge in [0.25, 0.3) is 5.91 Å². The van der Waals surface area contributed by atoms with Crippen LogP contribution < -0.4 is 11.1 Å². The van der Waals surface area contributed by atoms with Crippen LogP contribution in [0.25, 0.3) is 0 Å². The Bertz CT molecular complexity index is 647. The first-order valence-electron chi connectivity index (χ1n) is 8.37. The van der Waals surface area contributed by atoms with Gasteiger partial charge in [-0.25, -0.2) is 4.98 Å². The summed E-state index contributed by atoms with van der Waals surface area (Å²) in [5.41, 5.74) is 6.04. The Morgan fingerprint density at radius 2 is 2.25 bits per heavy atom. The van der Waals surface area contributed by atoms with Crippen molar-refractivity contribution in [3.05, 3.63) is 38.5 Å². The maximum atomic E-state index is 12.4. The molecule has 2 aromatic heterocycles. The summed E-state index contributed by atoms with van der Waals surface area (Å²) in [6.07, 6.45) is 2.45. The van der Waals surface area contributed by atoms with Gasteiger partial charge in [-0.05, 0) is 43.3 Å². The van der Waals surface area contributed by atoms with Crippen molar-refractivity contribution in [1.82, 2.24) is 15.2 Å². The smallest absolute Gasteiger partial charge is 0.270 e. The maximum absolute atomic E-state index is 12.4. The number of piperidine rings is 1. The lowest BCUT2D eigenvalue weighted by Crippen LogP contribution is -2.41. The molecule has 1 aliphatic heterocycles. The zero-order valence-electron chi connectivity index (χ0n) is 13.9. The maximum Gasteiger partial charge on any atom is 0.270 e. The minimum Gasteiger partial charge on any atom is -0.349 e. The van der Waals surface area contributed by atoms with E-state index in [9.17, 15) is 4.79 Å². The Kier molecular flexibility index (Phi) is 5.99. The number of likely N-dealkylation sites (tertiary alicyclic amines) is 1. The van der Waals surface area contributed by atoms with Gasteiger partial charge in [0.05, 0.1) is 6.04 Å². The normalized spacial score (nSPS) is 17.8. The average Bonchev–Trinajstić information content (AvgIpc) is 3.28. The van der Waals surface area contributed by atoms with Crippen molar-refractivity contribution in [3.8, 4) is 0 Å². The quantitative estimate of drug-likeness (QED) is 0.827. The fourth-order valence-corrected chi connectivity index (χ4v) is 4.54. The van der Waals surface area contributed by atoms with E-state index in [1.807, 2.05) is 0 Å². The number of hydrogen-bond donors (Lipinski definition) is 2. The predicted molar refractivity (Wildman–Crippen MR) is 99.4 cm³/mol. The molecule has 0 bridgehead atoms. The summed E-state index contributed by atoms with van der Waals surface area (Å²) in [6.45, 7) is 5.49. The molecule has 1 fully saturated rings. The Balaban J connectivity index is 1.64. The van der Waals surface area contributed by atoms with E-state index >= 15 is 0 Å². The van der Waals surface area contributed by atoms with Gasteiger partial charge in [-0.3, -0.25) is 9.69 Å².